The Bertz CT molecular complexity index is 1230. The van der Waals surface area contributed by atoms with E-state index in [0.717, 1.165) is 13.1 Å². The first-order valence-electron chi connectivity index (χ1n) is 12.2. The van der Waals surface area contributed by atoms with Gasteiger partial charge < -0.3 is 19.6 Å². The minimum atomic E-state index is -1.74. The van der Waals surface area contributed by atoms with Crippen molar-refractivity contribution in [2.24, 2.45) is 0 Å². The molecule has 8 heteroatoms. The van der Waals surface area contributed by atoms with Gasteiger partial charge >= 0.3 is 0 Å². The zero-order chi connectivity index (χ0) is 25.3. The number of aliphatic hydroxyl groups is 1. The van der Waals surface area contributed by atoms with Crippen LogP contribution < -0.4 is 4.90 Å². The third-order valence-corrected chi connectivity index (χ3v) is 7.13. The maximum atomic E-state index is 14.2. The summed E-state index contributed by atoms with van der Waals surface area (Å²) in [6.45, 7) is 7.79. The van der Waals surface area contributed by atoms with Crippen LogP contribution in [0.1, 0.15) is 17.5 Å². The molecule has 2 fully saturated rings. The average molecular weight is 488 g/mol. The van der Waals surface area contributed by atoms with Crippen LogP contribution in [0.15, 0.2) is 72.8 Å². The van der Waals surface area contributed by atoms with Crippen molar-refractivity contribution in [3.8, 4) is 0 Å². The number of morpholine rings is 1. The van der Waals surface area contributed by atoms with Crippen LogP contribution in [0.25, 0.3) is 5.76 Å². The second kappa shape index (κ2) is 9.72. The van der Waals surface area contributed by atoms with Gasteiger partial charge in [-0.25, -0.2) is 0 Å². The van der Waals surface area contributed by atoms with Crippen molar-refractivity contribution in [3.05, 3.63) is 84.0 Å². The number of hydrogen-bond acceptors (Lipinski definition) is 6. The minimum absolute atomic E-state index is 0.186. The molecule has 2 aromatic carbocycles. The molecular weight excluding hydrogens is 458 g/mol. The largest absolute Gasteiger partial charge is 0.507 e. The third-order valence-electron chi connectivity index (χ3n) is 7.13. The number of rotatable bonds is 7. The summed E-state index contributed by atoms with van der Waals surface area (Å²) in [5.41, 5.74) is -0.440. The van der Waals surface area contributed by atoms with Gasteiger partial charge in [-0.1, -0.05) is 54.6 Å². The molecule has 0 unspecified atom stereocenters. The second-order valence-corrected chi connectivity index (χ2v) is 9.12. The number of carbonyl (C=O) groups excluding carboxylic acids is 3. The number of nitrogens with zero attached hydrogens (tertiary/aromatic N) is 3. The number of ketones is 1. The Kier molecular flexibility index (Phi) is 6.47. The molecule has 36 heavy (non-hydrogen) atoms. The summed E-state index contributed by atoms with van der Waals surface area (Å²) < 4.78 is 5.41. The van der Waals surface area contributed by atoms with E-state index < -0.39 is 23.1 Å². The average Bonchev–Trinajstić information content (AvgIpc) is 3.29. The van der Waals surface area contributed by atoms with E-state index in [0.29, 0.717) is 43.0 Å². The lowest BCUT2D eigenvalue weighted by atomic mass is 9.82. The number of likely N-dealkylation sites (tertiary alicyclic amines) is 1. The Hall–Kier alpha value is -3.75. The van der Waals surface area contributed by atoms with Crippen LogP contribution in [-0.4, -0.2) is 78.4 Å². The van der Waals surface area contributed by atoms with Crippen LogP contribution in [0.5, 0.6) is 0 Å². The number of carbonyl (C=O) groups is 3. The molecule has 0 aromatic heterocycles. The predicted octanol–water partition coefficient (Wildman–Crippen LogP) is 2.52. The van der Waals surface area contributed by atoms with Crippen LogP contribution in [-0.2, 0) is 24.7 Å². The molecule has 1 atom stereocenters. The van der Waals surface area contributed by atoms with Crippen LogP contribution in [0.3, 0.4) is 0 Å². The van der Waals surface area contributed by atoms with Gasteiger partial charge in [0, 0.05) is 43.9 Å². The van der Waals surface area contributed by atoms with E-state index >= 15 is 0 Å². The van der Waals surface area contributed by atoms with Gasteiger partial charge in [0.2, 0.25) is 0 Å². The molecule has 3 aliphatic rings. The lowest BCUT2D eigenvalue weighted by Crippen LogP contribution is -2.52. The highest BCUT2D eigenvalue weighted by Gasteiger charge is 2.66. The van der Waals surface area contributed by atoms with Crippen molar-refractivity contribution in [1.82, 2.24) is 9.80 Å². The number of Topliss-reactive ketones (excluding diaryl/α,β-unsaturated/α-hetero) is 1. The Balaban J connectivity index is 1.65. The number of aliphatic hydroxyl groups excluding tert-OH is 1. The third kappa shape index (κ3) is 3.65. The topological polar surface area (TPSA) is 90.4 Å². The first kappa shape index (κ1) is 24.0. The lowest BCUT2D eigenvalue weighted by Gasteiger charge is -2.35. The Morgan fingerprint density at radius 2 is 1.69 bits per heavy atom. The van der Waals surface area contributed by atoms with E-state index in [1.165, 1.54) is 9.80 Å². The van der Waals surface area contributed by atoms with Gasteiger partial charge in [0.25, 0.3) is 17.6 Å². The van der Waals surface area contributed by atoms with Gasteiger partial charge in [0.15, 0.2) is 5.54 Å². The van der Waals surface area contributed by atoms with Crippen molar-refractivity contribution >= 4 is 29.0 Å². The molecule has 1 spiro atoms. The van der Waals surface area contributed by atoms with Gasteiger partial charge in [0.1, 0.15) is 5.76 Å². The van der Waals surface area contributed by atoms with E-state index in [1.807, 2.05) is 6.07 Å². The van der Waals surface area contributed by atoms with E-state index in [1.54, 1.807) is 54.6 Å². The Labute approximate surface area is 210 Å². The van der Waals surface area contributed by atoms with Gasteiger partial charge in [-0.05, 0) is 12.5 Å². The fourth-order valence-corrected chi connectivity index (χ4v) is 5.49. The van der Waals surface area contributed by atoms with E-state index in [9.17, 15) is 19.5 Å². The van der Waals surface area contributed by atoms with Gasteiger partial charge in [-0.3, -0.25) is 19.3 Å². The minimum Gasteiger partial charge on any atom is -0.507 e. The summed E-state index contributed by atoms with van der Waals surface area (Å²) in [6.07, 6.45) is 2.17. The number of hydrogen-bond donors (Lipinski definition) is 1. The summed E-state index contributed by atoms with van der Waals surface area (Å²) >= 11 is 0. The SMILES string of the molecule is C=CCN1C(=O)[C@]2(C(=C(O)c3ccccc3)C(=O)C(=O)N2CCCN2CCOCC2)c2ccccc21. The fraction of sp³-hybridized carbons (Fsp3) is 0.321. The lowest BCUT2D eigenvalue weighted by molar-refractivity contribution is -0.143. The van der Waals surface area contributed by atoms with Crippen LogP contribution in [0, 0.1) is 0 Å². The van der Waals surface area contributed by atoms with Crippen LogP contribution >= 0.6 is 0 Å². The molecule has 1 N–H and O–H groups in total. The summed E-state index contributed by atoms with van der Waals surface area (Å²) in [4.78, 5) is 46.5. The number of anilines is 1. The summed E-state index contributed by atoms with van der Waals surface area (Å²) in [7, 11) is 0. The molecule has 0 aliphatic carbocycles. The predicted molar refractivity (Wildman–Crippen MR) is 135 cm³/mol. The molecule has 2 amide bonds. The molecular formula is C28H29N3O5. The smallest absolute Gasteiger partial charge is 0.296 e. The van der Waals surface area contributed by atoms with Crippen molar-refractivity contribution in [2.75, 3.05) is 50.8 Å². The standard InChI is InChI=1S/C28H29N3O5/c1-2-13-30-22-12-7-6-11-21(22)28(27(30)35)23(24(32)20-9-4-3-5-10-20)25(33)26(34)31(28)15-8-14-29-16-18-36-19-17-29/h2-7,9-12,32H,1,8,13-19H2/t28-/m1/s1. The number of benzene rings is 2. The van der Waals surface area contributed by atoms with Crippen molar-refractivity contribution in [2.45, 2.75) is 12.0 Å². The molecule has 5 rings (SSSR count). The molecule has 0 bridgehead atoms. The quantitative estimate of drug-likeness (QED) is 0.279. The summed E-state index contributed by atoms with van der Waals surface area (Å²) in [5, 5.41) is 11.4. The maximum absolute atomic E-state index is 14.2. The molecule has 0 saturated carbocycles. The second-order valence-electron chi connectivity index (χ2n) is 9.12. The van der Waals surface area contributed by atoms with E-state index in [4.69, 9.17) is 4.74 Å². The van der Waals surface area contributed by atoms with Gasteiger partial charge in [0.05, 0.1) is 24.5 Å². The molecule has 3 heterocycles. The monoisotopic (exact) mass is 487 g/mol. The number of para-hydroxylation sites is 1. The molecule has 2 saturated heterocycles. The highest BCUT2D eigenvalue weighted by atomic mass is 16.5. The van der Waals surface area contributed by atoms with Crippen LogP contribution in [0.2, 0.25) is 0 Å². The van der Waals surface area contributed by atoms with E-state index in [2.05, 4.69) is 11.5 Å². The fourth-order valence-electron chi connectivity index (χ4n) is 5.49. The molecule has 186 valence electrons. The van der Waals surface area contributed by atoms with Gasteiger partial charge in [-0.15, -0.1) is 6.58 Å². The first-order chi connectivity index (χ1) is 17.5. The van der Waals surface area contributed by atoms with Crippen LogP contribution in [0.4, 0.5) is 5.69 Å². The van der Waals surface area contributed by atoms with E-state index in [-0.39, 0.29) is 24.4 Å². The Morgan fingerprint density at radius 3 is 2.42 bits per heavy atom. The zero-order valence-corrected chi connectivity index (χ0v) is 20.1. The van der Waals surface area contributed by atoms with Crippen molar-refractivity contribution in [1.29, 1.82) is 0 Å². The number of ether oxygens (including phenoxy) is 1. The Morgan fingerprint density at radius 1 is 1.00 bits per heavy atom. The summed E-state index contributed by atoms with van der Waals surface area (Å²) in [6, 6.07) is 15.7. The molecule has 0 radical (unpaired) electrons. The normalized spacial score (nSPS) is 23.5. The molecule has 2 aromatic rings. The number of amides is 2. The highest BCUT2D eigenvalue weighted by molar-refractivity contribution is 6.50. The zero-order valence-electron chi connectivity index (χ0n) is 20.1. The number of fused-ring (bicyclic) bond motifs is 2. The maximum Gasteiger partial charge on any atom is 0.296 e. The van der Waals surface area contributed by atoms with Gasteiger partial charge in [-0.2, -0.15) is 0 Å². The summed E-state index contributed by atoms with van der Waals surface area (Å²) in [5.74, 6) is -2.43. The van der Waals surface area contributed by atoms with Crippen molar-refractivity contribution in [3.63, 3.8) is 0 Å². The van der Waals surface area contributed by atoms with Crippen molar-refractivity contribution < 1.29 is 24.2 Å². The highest BCUT2D eigenvalue weighted by Crippen LogP contribution is 2.53. The molecule has 8 nitrogen and oxygen atoms in total. The first-order valence-corrected chi connectivity index (χ1v) is 12.2. The molecule has 3 aliphatic heterocycles.